The molecule has 2 N–H and O–H groups in total. The van der Waals surface area contributed by atoms with Crippen LogP contribution >= 0.6 is 23.6 Å². The van der Waals surface area contributed by atoms with Crippen LogP contribution in [0.3, 0.4) is 0 Å². The standard InChI is InChI=1S/C11H19N3S2/c1-8-3-2-4-9(7-8)5-6-12-10-13-14-11(15)16-10/h8-9H,2-7H2,1H3,(H,12,13)(H,14,15). The molecule has 1 aromatic heterocycles. The minimum absolute atomic E-state index is 0.744. The molecule has 1 aliphatic rings. The first-order chi connectivity index (χ1) is 7.74. The van der Waals surface area contributed by atoms with Crippen LogP contribution in [0.2, 0.25) is 0 Å². The number of anilines is 1. The Morgan fingerprint density at radius 3 is 3.12 bits per heavy atom. The van der Waals surface area contributed by atoms with Crippen molar-refractivity contribution in [1.29, 1.82) is 0 Å². The van der Waals surface area contributed by atoms with E-state index in [0.717, 1.165) is 27.5 Å². The van der Waals surface area contributed by atoms with Crippen molar-refractivity contribution in [3.8, 4) is 0 Å². The number of hydrogen-bond acceptors (Lipinski definition) is 4. The van der Waals surface area contributed by atoms with Gasteiger partial charge in [0.05, 0.1) is 0 Å². The number of aromatic nitrogens is 2. The van der Waals surface area contributed by atoms with Gasteiger partial charge in [-0.15, -0.1) is 5.10 Å². The van der Waals surface area contributed by atoms with Crippen molar-refractivity contribution in [2.75, 3.05) is 11.9 Å². The highest BCUT2D eigenvalue weighted by Crippen LogP contribution is 2.30. The van der Waals surface area contributed by atoms with Crippen molar-refractivity contribution in [3.63, 3.8) is 0 Å². The first kappa shape index (κ1) is 12.0. The molecule has 1 aliphatic carbocycles. The Hall–Kier alpha value is -0.420. The van der Waals surface area contributed by atoms with Crippen molar-refractivity contribution in [2.45, 2.75) is 39.0 Å². The molecule has 2 atom stereocenters. The second kappa shape index (κ2) is 5.77. The maximum atomic E-state index is 4.98. The molecule has 2 unspecified atom stereocenters. The summed E-state index contributed by atoms with van der Waals surface area (Å²) in [4.78, 5) is 0. The molecule has 0 radical (unpaired) electrons. The van der Waals surface area contributed by atoms with Gasteiger partial charge in [0.15, 0.2) is 3.95 Å². The fourth-order valence-corrected chi connectivity index (χ4v) is 3.33. The van der Waals surface area contributed by atoms with Gasteiger partial charge < -0.3 is 5.32 Å². The van der Waals surface area contributed by atoms with Crippen molar-refractivity contribution in [3.05, 3.63) is 3.95 Å². The van der Waals surface area contributed by atoms with Gasteiger partial charge in [0.2, 0.25) is 5.13 Å². The van der Waals surface area contributed by atoms with Crippen molar-refractivity contribution in [2.24, 2.45) is 11.8 Å². The molecule has 90 valence electrons. The van der Waals surface area contributed by atoms with Crippen LogP contribution in [0, 0.1) is 15.8 Å². The molecule has 0 spiro atoms. The van der Waals surface area contributed by atoms with Crippen molar-refractivity contribution in [1.82, 2.24) is 10.2 Å². The van der Waals surface area contributed by atoms with Crippen LogP contribution in [0.25, 0.3) is 0 Å². The molecule has 0 saturated heterocycles. The predicted molar refractivity (Wildman–Crippen MR) is 71.5 cm³/mol. The van der Waals surface area contributed by atoms with E-state index in [-0.39, 0.29) is 0 Å². The molecule has 5 heteroatoms. The molecule has 0 aromatic carbocycles. The molecule has 3 nitrogen and oxygen atoms in total. The minimum Gasteiger partial charge on any atom is -0.360 e. The van der Waals surface area contributed by atoms with E-state index in [1.165, 1.54) is 43.4 Å². The number of hydrogen-bond donors (Lipinski definition) is 2. The van der Waals surface area contributed by atoms with Crippen molar-refractivity contribution < 1.29 is 0 Å². The first-order valence-corrected chi connectivity index (χ1v) is 7.26. The lowest BCUT2D eigenvalue weighted by Gasteiger charge is -2.26. The molecule has 1 saturated carbocycles. The van der Waals surface area contributed by atoms with Gasteiger partial charge in [-0.3, -0.25) is 5.10 Å². The predicted octanol–water partition coefficient (Wildman–Crippen LogP) is 3.83. The summed E-state index contributed by atoms with van der Waals surface area (Å²) in [6.07, 6.45) is 6.90. The van der Waals surface area contributed by atoms with Gasteiger partial charge in [-0.2, -0.15) is 0 Å². The third kappa shape index (κ3) is 3.56. The van der Waals surface area contributed by atoms with Crippen LogP contribution in [-0.4, -0.2) is 16.7 Å². The smallest absolute Gasteiger partial charge is 0.204 e. The van der Waals surface area contributed by atoms with E-state index in [2.05, 4.69) is 22.4 Å². The maximum absolute atomic E-state index is 4.98. The maximum Gasteiger partial charge on any atom is 0.204 e. The molecule has 0 aliphatic heterocycles. The largest absolute Gasteiger partial charge is 0.360 e. The third-order valence-corrected chi connectivity index (χ3v) is 4.36. The Balaban J connectivity index is 1.69. The van der Waals surface area contributed by atoms with Crippen LogP contribution < -0.4 is 5.32 Å². The van der Waals surface area contributed by atoms with E-state index < -0.39 is 0 Å². The van der Waals surface area contributed by atoms with Crippen molar-refractivity contribution >= 4 is 28.7 Å². The lowest BCUT2D eigenvalue weighted by Crippen LogP contribution is -2.16. The zero-order valence-corrected chi connectivity index (χ0v) is 11.3. The molecular weight excluding hydrogens is 238 g/mol. The Bertz CT molecular complexity index is 371. The van der Waals surface area contributed by atoms with E-state index in [1.54, 1.807) is 0 Å². The van der Waals surface area contributed by atoms with Gasteiger partial charge in [-0.05, 0) is 36.9 Å². The summed E-state index contributed by atoms with van der Waals surface area (Å²) in [6, 6.07) is 0. The molecular formula is C11H19N3S2. The van der Waals surface area contributed by atoms with Crippen LogP contribution in [0.1, 0.15) is 39.0 Å². The number of H-pyrrole nitrogens is 1. The first-order valence-electron chi connectivity index (χ1n) is 6.03. The Labute approximate surface area is 106 Å². The van der Waals surface area contributed by atoms with Crippen LogP contribution in [-0.2, 0) is 0 Å². The lowest BCUT2D eigenvalue weighted by atomic mass is 9.81. The van der Waals surface area contributed by atoms with Gasteiger partial charge in [0.1, 0.15) is 0 Å². The zero-order chi connectivity index (χ0) is 11.4. The van der Waals surface area contributed by atoms with E-state index in [0.29, 0.717) is 0 Å². The van der Waals surface area contributed by atoms with E-state index in [9.17, 15) is 0 Å². The van der Waals surface area contributed by atoms with Gasteiger partial charge in [-0.25, -0.2) is 0 Å². The average Bonchev–Trinajstić information content (AvgIpc) is 2.64. The average molecular weight is 257 g/mol. The topological polar surface area (TPSA) is 40.7 Å². The molecule has 0 bridgehead atoms. The second-order valence-electron chi connectivity index (χ2n) is 4.77. The zero-order valence-electron chi connectivity index (χ0n) is 9.66. The highest BCUT2D eigenvalue weighted by Gasteiger charge is 2.18. The van der Waals surface area contributed by atoms with E-state index in [4.69, 9.17) is 12.2 Å². The molecule has 1 heterocycles. The summed E-state index contributed by atoms with van der Waals surface area (Å²) in [6.45, 7) is 3.40. The summed E-state index contributed by atoms with van der Waals surface area (Å²) in [5, 5.41) is 11.1. The highest BCUT2D eigenvalue weighted by atomic mass is 32.1. The SMILES string of the molecule is CC1CCCC(CCNc2n[nH]c(=S)s2)C1. The molecule has 0 amide bonds. The number of aromatic amines is 1. The third-order valence-electron chi connectivity index (χ3n) is 3.31. The lowest BCUT2D eigenvalue weighted by molar-refractivity contribution is 0.274. The van der Waals surface area contributed by atoms with Gasteiger partial charge >= 0.3 is 0 Å². The van der Waals surface area contributed by atoms with Crippen LogP contribution in [0.15, 0.2) is 0 Å². The fourth-order valence-electron chi connectivity index (χ4n) is 2.51. The minimum atomic E-state index is 0.744. The normalized spacial score (nSPS) is 25.6. The quantitative estimate of drug-likeness (QED) is 0.805. The Kier molecular flexibility index (Phi) is 4.35. The summed E-state index contributed by atoms with van der Waals surface area (Å²) < 4.78 is 0.744. The highest BCUT2D eigenvalue weighted by molar-refractivity contribution is 7.73. The van der Waals surface area contributed by atoms with Gasteiger partial charge in [0, 0.05) is 6.54 Å². The van der Waals surface area contributed by atoms with Gasteiger partial charge in [0.25, 0.3) is 0 Å². The number of nitrogens with zero attached hydrogens (tertiary/aromatic N) is 1. The Morgan fingerprint density at radius 1 is 1.56 bits per heavy atom. The molecule has 1 fully saturated rings. The molecule has 1 aromatic rings. The summed E-state index contributed by atoms with van der Waals surface area (Å²) in [5.74, 6) is 1.83. The monoisotopic (exact) mass is 257 g/mol. The molecule has 2 rings (SSSR count). The number of rotatable bonds is 4. The number of nitrogens with one attached hydrogen (secondary N) is 2. The van der Waals surface area contributed by atoms with E-state index >= 15 is 0 Å². The summed E-state index contributed by atoms with van der Waals surface area (Å²) >= 11 is 6.50. The summed E-state index contributed by atoms with van der Waals surface area (Å²) in [7, 11) is 0. The van der Waals surface area contributed by atoms with Gasteiger partial charge in [-0.1, -0.05) is 37.5 Å². The van der Waals surface area contributed by atoms with E-state index in [1.807, 2.05) is 0 Å². The fraction of sp³-hybridized carbons (Fsp3) is 0.818. The summed E-state index contributed by atoms with van der Waals surface area (Å²) in [5.41, 5.74) is 0. The molecule has 16 heavy (non-hydrogen) atoms. The Morgan fingerprint density at radius 2 is 2.44 bits per heavy atom. The second-order valence-corrected chi connectivity index (χ2v) is 6.44. The van der Waals surface area contributed by atoms with Crippen LogP contribution in [0.5, 0.6) is 0 Å². The van der Waals surface area contributed by atoms with Crippen LogP contribution in [0.4, 0.5) is 5.13 Å².